The topological polar surface area (TPSA) is 50.4 Å². The van der Waals surface area contributed by atoms with Crippen molar-refractivity contribution in [1.29, 1.82) is 0 Å². The van der Waals surface area contributed by atoms with Gasteiger partial charge in [-0.25, -0.2) is 0 Å². The molecule has 2 aliphatic heterocycles. The molecule has 0 radical (unpaired) electrons. The highest BCUT2D eigenvalue weighted by atomic mass is 16.5. The Balaban J connectivity index is 1.66. The number of hydrogen-bond donors (Lipinski definition) is 2. The van der Waals surface area contributed by atoms with E-state index in [-0.39, 0.29) is 11.8 Å². The number of nitrogens with one attached hydrogen (secondary N) is 2. The largest absolute Gasteiger partial charge is 0.372 e. The number of benzene rings is 1. The van der Waals surface area contributed by atoms with Gasteiger partial charge in [0, 0.05) is 11.6 Å². The standard InChI is InChI=1S/C14H18N2O2/c17-14(10-3-5-15-6-4-10)16-13-2-1-11-8-18-9-12(11)7-13/h1-2,7,10,15H,3-6,8-9H2,(H,16,17). The summed E-state index contributed by atoms with van der Waals surface area (Å²) >= 11 is 0. The van der Waals surface area contributed by atoms with Gasteiger partial charge in [0.15, 0.2) is 0 Å². The average molecular weight is 246 g/mol. The third-order valence-electron chi connectivity index (χ3n) is 3.70. The van der Waals surface area contributed by atoms with Gasteiger partial charge in [0.05, 0.1) is 13.2 Å². The van der Waals surface area contributed by atoms with Crippen molar-refractivity contribution in [1.82, 2.24) is 5.32 Å². The summed E-state index contributed by atoms with van der Waals surface area (Å²) in [4.78, 5) is 12.1. The van der Waals surface area contributed by atoms with Gasteiger partial charge in [-0.2, -0.15) is 0 Å². The van der Waals surface area contributed by atoms with Crippen LogP contribution in [0.25, 0.3) is 0 Å². The van der Waals surface area contributed by atoms with Crippen LogP contribution in [0.2, 0.25) is 0 Å². The highest BCUT2D eigenvalue weighted by Crippen LogP contribution is 2.24. The lowest BCUT2D eigenvalue weighted by Gasteiger charge is -2.21. The number of carbonyl (C=O) groups excluding carboxylic acids is 1. The van der Waals surface area contributed by atoms with Gasteiger partial charge >= 0.3 is 0 Å². The minimum absolute atomic E-state index is 0.148. The molecule has 0 saturated carbocycles. The van der Waals surface area contributed by atoms with Gasteiger partial charge in [-0.15, -0.1) is 0 Å². The molecule has 1 amide bonds. The molecule has 1 aromatic rings. The van der Waals surface area contributed by atoms with Crippen LogP contribution < -0.4 is 10.6 Å². The fourth-order valence-corrected chi connectivity index (χ4v) is 2.58. The molecule has 1 saturated heterocycles. The van der Waals surface area contributed by atoms with Crippen molar-refractivity contribution >= 4 is 11.6 Å². The fraction of sp³-hybridized carbons (Fsp3) is 0.500. The number of carbonyl (C=O) groups is 1. The number of ether oxygens (including phenoxy) is 1. The van der Waals surface area contributed by atoms with Gasteiger partial charge in [0.2, 0.25) is 5.91 Å². The van der Waals surface area contributed by atoms with Crippen molar-refractivity contribution in [3.05, 3.63) is 29.3 Å². The normalized spacial score (nSPS) is 19.6. The molecule has 0 atom stereocenters. The van der Waals surface area contributed by atoms with E-state index >= 15 is 0 Å². The molecule has 4 heteroatoms. The van der Waals surface area contributed by atoms with Crippen LogP contribution in [-0.4, -0.2) is 19.0 Å². The van der Waals surface area contributed by atoms with Gasteiger partial charge in [0.25, 0.3) is 0 Å². The van der Waals surface area contributed by atoms with Crippen molar-refractivity contribution < 1.29 is 9.53 Å². The van der Waals surface area contributed by atoms with Crippen LogP contribution in [0.5, 0.6) is 0 Å². The van der Waals surface area contributed by atoms with E-state index in [2.05, 4.69) is 10.6 Å². The lowest BCUT2D eigenvalue weighted by molar-refractivity contribution is -0.120. The van der Waals surface area contributed by atoms with Gasteiger partial charge in [-0.3, -0.25) is 4.79 Å². The molecule has 2 heterocycles. The van der Waals surface area contributed by atoms with Crippen LogP contribution in [-0.2, 0) is 22.7 Å². The summed E-state index contributed by atoms with van der Waals surface area (Å²) < 4.78 is 5.37. The molecule has 2 aliphatic rings. The number of hydrogen-bond acceptors (Lipinski definition) is 3. The highest BCUT2D eigenvalue weighted by Gasteiger charge is 2.21. The summed E-state index contributed by atoms with van der Waals surface area (Å²) in [6, 6.07) is 6.04. The van der Waals surface area contributed by atoms with E-state index in [9.17, 15) is 4.79 Å². The Labute approximate surface area is 107 Å². The second-order valence-electron chi connectivity index (χ2n) is 4.99. The van der Waals surface area contributed by atoms with Crippen LogP contribution in [0.3, 0.4) is 0 Å². The van der Waals surface area contributed by atoms with Crippen LogP contribution in [0.1, 0.15) is 24.0 Å². The lowest BCUT2D eigenvalue weighted by atomic mass is 9.97. The Bertz CT molecular complexity index is 453. The summed E-state index contributed by atoms with van der Waals surface area (Å²) in [6.45, 7) is 3.23. The number of piperidine rings is 1. The minimum Gasteiger partial charge on any atom is -0.372 e. The quantitative estimate of drug-likeness (QED) is 0.834. The zero-order valence-corrected chi connectivity index (χ0v) is 10.4. The smallest absolute Gasteiger partial charge is 0.227 e. The molecule has 0 bridgehead atoms. The molecule has 0 unspecified atom stereocenters. The lowest BCUT2D eigenvalue weighted by Crippen LogP contribution is -2.34. The van der Waals surface area contributed by atoms with E-state index in [0.717, 1.165) is 31.6 Å². The third kappa shape index (κ3) is 2.40. The van der Waals surface area contributed by atoms with Crippen LogP contribution in [0.15, 0.2) is 18.2 Å². The van der Waals surface area contributed by atoms with Gasteiger partial charge in [0.1, 0.15) is 0 Å². The van der Waals surface area contributed by atoms with Crippen LogP contribution in [0, 0.1) is 5.92 Å². The average Bonchev–Trinajstić information content (AvgIpc) is 2.87. The molecule has 18 heavy (non-hydrogen) atoms. The number of fused-ring (bicyclic) bond motifs is 1. The SMILES string of the molecule is O=C(Nc1ccc2c(c1)COC2)C1CCNCC1. The van der Waals surface area contributed by atoms with Gasteiger partial charge in [-0.1, -0.05) is 6.07 Å². The Kier molecular flexibility index (Phi) is 3.30. The molecule has 0 aromatic heterocycles. The predicted molar refractivity (Wildman–Crippen MR) is 69.2 cm³/mol. The molecule has 0 spiro atoms. The summed E-state index contributed by atoms with van der Waals surface area (Å²) in [6.07, 6.45) is 1.86. The Morgan fingerprint density at radius 1 is 1.22 bits per heavy atom. The van der Waals surface area contributed by atoms with E-state index in [1.165, 1.54) is 11.1 Å². The Hall–Kier alpha value is -1.39. The van der Waals surface area contributed by atoms with E-state index in [0.29, 0.717) is 13.2 Å². The number of rotatable bonds is 2. The highest BCUT2D eigenvalue weighted by molar-refractivity contribution is 5.92. The van der Waals surface area contributed by atoms with Gasteiger partial charge < -0.3 is 15.4 Å². The monoisotopic (exact) mass is 246 g/mol. The Morgan fingerprint density at radius 2 is 2.00 bits per heavy atom. The van der Waals surface area contributed by atoms with E-state index in [4.69, 9.17) is 4.74 Å². The number of anilines is 1. The van der Waals surface area contributed by atoms with Crippen molar-refractivity contribution in [3.63, 3.8) is 0 Å². The summed E-state index contributed by atoms with van der Waals surface area (Å²) in [5.74, 6) is 0.297. The molecule has 1 fully saturated rings. The second kappa shape index (κ2) is 5.08. The maximum absolute atomic E-state index is 12.1. The molecule has 3 rings (SSSR count). The number of amides is 1. The molecule has 2 N–H and O–H groups in total. The third-order valence-corrected chi connectivity index (χ3v) is 3.70. The van der Waals surface area contributed by atoms with E-state index < -0.39 is 0 Å². The zero-order chi connectivity index (χ0) is 12.4. The predicted octanol–water partition coefficient (Wildman–Crippen LogP) is 1.65. The van der Waals surface area contributed by atoms with Gasteiger partial charge in [-0.05, 0) is 49.2 Å². The maximum Gasteiger partial charge on any atom is 0.227 e. The van der Waals surface area contributed by atoms with E-state index in [1.807, 2.05) is 18.2 Å². The first-order valence-electron chi connectivity index (χ1n) is 6.54. The Morgan fingerprint density at radius 3 is 2.83 bits per heavy atom. The molecular weight excluding hydrogens is 228 g/mol. The van der Waals surface area contributed by atoms with Crippen LogP contribution >= 0.6 is 0 Å². The molecule has 4 nitrogen and oxygen atoms in total. The first kappa shape index (κ1) is 11.7. The summed E-state index contributed by atoms with van der Waals surface area (Å²) in [5.41, 5.74) is 3.32. The maximum atomic E-state index is 12.1. The first-order valence-corrected chi connectivity index (χ1v) is 6.54. The molecular formula is C14H18N2O2. The minimum atomic E-state index is 0.148. The van der Waals surface area contributed by atoms with Crippen LogP contribution in [0.4, 0.5) is 5.69 Å². The van der Waals surface area contributed by atoms with Crippen molar-refractivity contribution in [3.8, 4) is 0 Å². The van der Waals surface area contributed by atoms with Crippen molar-refractivity contribution in [2.75, 3.05) is 18.4 Å². The summed E-state index contributed by atoms with van der Waals surface area (Å²) in [5, 5.41) is 6.29. The van der Waals surface area contributed by atoms with Crippen molar-refractivity contribution in [2.45, 2.75) is 26.1 Å². The molecule has 0 aliphatic carbocycles. The second-order valence-corrected chi connectivity index (χ2v) is 4.99. The summed E-state index contributed by atoms with van der Waals surface area (Å²) in [7, 11) is 0. The fourth-order valence-electron chi connectivity index (χ4n) is 2.58. The van der Waals surface area contributed by atoms with E-state index in [1.54, 1.807) is 0 Å². The molecule has 1 aromatic carbocycles. The molecule has 96 valence electrons. The first-order chi connectivity index (χ1) is 8.83. The van der Waals surface area contributed by atoms with Crippen molar-refractivity contribution in [2.24, 2.45) is 5.92 Å². The zero-order valence-electron chi connectivity index (χ0n) is 10.4.